The van der Waals surface area contributed by atoms with E-state index in [0.29, 0.717) is 29.2 Å². The molecule has 176 valence electrons. The lowest BCUT2D eigenvalue weighted by molar-refractivity contribution is -0.119. The van der Waals surface area contributed by atoms with Gasteiger partial charge in [0.15, 0.2) is 0 Å². The van der Waals surface area contributed by atoms with Crippen LogP contribution in [0.4, 0.5) is 0 Å². The molecule has 0 saturated carbocycles. The van der Waals surface area contributed by atoms with E-state index in [2.05, 4.69) is 10.6 Å². The van der Waals surface area contributed by atoms with E-state index in [1.807, 2.05) is 51.1 Å². The first-order chi connectivity index (χ1) is 16.2. The van der Waals surface area contributed by atoms with E-state index in [1.54, 1.807) is 31.4 Å². The fourth-order valence-electron chi connectivity index (χ4n) is 3.90. The van der Waals surface area contributed by atoms with E-state index in [4.69, 9.17) is 13.9 Å². The molecule has 4 rings (SSSR count). The Morgan fingerprint density at radius 1 is 1.12 bits per heavy atom. The zero-order valence-electron chi connectivity index (χ0n) is 19.7. The minimum Gasteiger partial charge on any atom is -0.497 e. The summed E-state index contributed by atoms with van der Waals surface area (Å²) in [5, 5.41) is 5.80. The molecule has 0 spiro atoms. The number of ether oxygens (including phenoxy) is 2. The molecule has 2 amide bonds. The van der Waals surface area contributed by atoms with Crippen LogP contribution in [0.2, 0.25) is 0 Å². The molecule has 0 saturated heterocycles. The summed E-state index contributed by atoms with van der Waals surface area (Å²) in [4.78, 5) is 26.3. The van der Waals surface area contributed by atoms with Gasteiger partial charge in [-0.05, 0) is 63.2 Å². The maximum atomic E-state index is 13.4. The number of methoxy groups -OCH3 is 1. The second kappa shape index (κ2) is 9.47. The van der Waals surface area contributed by atoms with Gasteiger partial charge in [0, 0.05) is 23.6 Å². The van der Waals surface area contributed by atoms with Gasteiger partial charge in [0.25, 0.3) is 11.8 Å². The molecule has 3 aromatic rings. The van der Waals surface area contributed by atoms with Gasteiger partial charge in [-0.25, -0.2) is 0 Å². The van der Waals surface area contributed by atoms with Gasteiger partial charge < -0.3 is 24.5 Å². The number of nitrogens with one attached hydrogen (secondary N) is 2. The summed E-state index contributed by atoms with van der Waals surface area (Å²) >= 11 is 0. The lowest BCUT2D eigenvalue weighted by atomic mass is 9.89. The highest BCUT2D eigenvalue weighted by atomic mass is 16.5. The van der Waals surface area contributed by atoms with E-state index < -0.39 is 11.5 Å². The van der Waals surface area contributed by atoms with E-state index in [0.717, 1.165) is 11.1 Å². The van der Waals surface area contributed by atoms with Crippen molar-refractivity contribution < 1.29 is 23.5 Å². The maximum Gasteiger partial charge on any atom is 0.268 e. The average molecular weight is 461 g/mol. The number of hydrogen-bond acceptors (Lipinski definition) is 5. The third-order valence-electron chi connectivity index (χ3n) is 5.62. The standard InChI is InChI=1S/C27H28N2O5/c1-17-7-9-18(10-8-17)25(30)28-22(15-20-6-5-13-33-20)26(31)29-23-16-27(2,3)34-24-12-11-19(32-4)14-21(23)24/h5-15,23H,16H2,1-4H3,(H,28,30)(H,29,31)/b22-15-. The molecule has 2 heterocycles. The second-order valence-electron chi connectivity index (χ2n) is 8.89. The largest absolute Gasteiger partial charge is 0.497 e. The molecule has 2 aromatic carbocycles. The van der Waals surface area contributed by atoms with Crippen LogP contribution >= 0.6 is 0 Å². The predicted octanol–water partition coefficient (Wildman–Crippen LogP) is 4.79. The number of carbonyl (C=O) groups excluding carboxylic acids is 2. The molecule has 0 fully saturated rings. The van der Waals surface area contributed by atoms with Crippen LogP contribution in [-0.4, -0.2) is 24.5 Å². The van der Waals surface area contributed by atoms with Crippen molar-refractivity contribution in [1.29, 1.82) is 0 Å². The van der Waals surface area contributed by atoms with Crippen molar-refractivity contribution in [2.24, 2.45) is 0 Å². The van der Waals surface area contributed by atoms with E-state index >= 15 is 0 Å². The highest BCUT2D eigenvalue weighted by Gasteiger charge is 2.35. The Labute approximate surface area is 198 Å². The normalized spacial score (nSPS) is 16.7. The smallest absolute Gasteiger partial charge is 0.268 e. The fourth-order valence-corrected chi connectivity index (χ4v) is 3.90. The summed E-state index contributed by atoms with van der Waals surface area (Å²) in [6.07, 6.45) is 3.56. The van der Waals surface area contributed by atoms with Crippen LogP contribution in [0.25, 0.3) is 6.08 Å². The van der Waals surface area contributed by atoms with Crippen LogP contribution in [-0.2, 0) is 4.79 Å². The van der Waals surface area contributed by atoms with Gasteiger partial charge in [-0.1, -0.05) is 17.7 Å². The first kappa shape index (κ1) is 23.2. The molecule has 1 aromatic heterocycles. The predicted molar refractivity (Wildman–Crippen MR) is 129 cm³/mol. The van der Waals surface area contributed by atoms with Crippen molar-refractivity contribution >= 4 is 17.9 Å². The molecule has 2 N–H and O–H groups in total. The Balaban J connectivity index is 1.62. The Morgan fingerprint density at radius 3 is 2.56 bits per heavy atom. The molecule has 1 atom stereocenters. The number of carbonyl (C=O) groups is 2. The number of benzene rings is 2. The Kier molecular flexibility index (Phi) is 6.45. The van der Waals surface area contributed by atoms with E-state index in [-0.39, 0.29) is 17.6 Å². The topological polar surface area (TPSA) is 89.8 Å². The zero-order valence-corrected chi connectivity index (χ0v) is 19.7. The molecule has 1 aliphatic rings. The Hall–Kier alpha value is -4.00. The van der Waals surface area contributed by atoms with E-state index in [9.17, 15) is 9.59 Å². The van der Waals surface area contributed by atoms with Crippen LogP contribution in [0, 0.1) is 6.92 Å². The van der Waals surface area contributed by atoms with Crippen molar-refractivity contribution in [2.75, 3.05) is 7.11 Å². The van der Waals surface area contributed by atoms with Crippen molar-refractivity contribution in [3.05, 3.63) is 89.0 Å². The van der Waals surface area contributed by atoms with Gasteiger partial charge >= 0.3 is 0 Å². The molecule has 0 aliphatic carbocycles. The summed E-state index contributed by atoms with van der Waals surface area (Å²) in [5.41, 5.74) is 1.89. The van der Waals surface area contributed by atoms with Gasteiger partial charge in [0.2, 0.25) is 0 Å². The van der Waals surface area contributed by atoms with Gasteiger partial charge in [-0.15, -0.1) is 0 Å². The van der Waals surface area contributed by atoms with Gasteiger partial charge in [0.05, 0.1) is 19.4 Å². The van der Waals surface area contributed by atoms with Crippen molar-refractivity contribution in [3.63, 3.8) is 0 Å². The summed E-state index contributed by atoms with van der Waals surface area (Å²) in [6, 6.07) is 15.7. The number of hydrogen-bond donors (Lipinski definition) is 2. The van der Waals surface area contributed by atoms with Gasteiger partial charge in [-0.3, -0.25) is 9.59 Å². The minimum atomic E-state index is -0.491. The molecule has 34 heavy (non-hydrogen) atoms. The van der Waals surface area contributed by atoms with Crippen LogP contribution in [0.5, 0.6) is 11.5 Å². The van der Waals surface area contributed by atoms with Crippen LogP contribution in [0.15, 0.2) is 71.0 Å². The van der Waals surface area contributed by atoms with Crippen LogP contribution < -0.4 is 20.1 Å². The Bertz CT molecular complexity index is 1210. The summed E-state index contributed by atoms with van der Waals surface area (Å²) in [6.45, 7) is 5.88. The summed E-state index contributed by atoms with van der Waals surface area (Å²) < 4.78 is 16.8. The van der Waals surface area contributed by atoms with Crippen molar-refractivity contribution in [2.45, 2.75) is 38.8 Å². The number of fused-ring (bicyclic) bond motifs is 1. The quantitative estimate of drug-likeness (QED) is 0.517. The lowest BCUT2D eigenvalue weighted by Gasteiger charge is -2.38. The minimum absolute atomic E-state index is 0.0780. The molecule has 7 heteroatoms. The maximum absolute atomic E-state index is 13.4. The molecule has 0 bridgehead atoms. The highest BCUT2D eigenvalue weighted by Crippen LogP contribution is 2.41. The zero-order chi connectivity index (χ0) is 24.3. The van der Waals surface area contributed by atoms with Crippen molar-refractivity contribution in [3.8, 4) is 11.5 Å². The summed E-state index contributed by atoms with van der Waals surface area (Å²) in [7, 11) is 1.59. The number of furan rings is 1. The molecule has 1 aliphatic heterocycles. The molecule has 1 unspecified atom stereocenters. The second-order valence-corrected chi connectivity index (χ2v) is 8.89. The molecular formula is C27H28N2O5. The molecular weight excluding hydrogens is 432 g/mol. The van der Waals surface area contributed by atoms with Crippen LogP contribution in [0.1, 0.15) is 53.6 Å². The first-order valence-corrected chi connectivity index (χ1v) is 11.0. The summed E-state index contributed by atoms with van der Waals surface area (Å²) in [5.74, 6) is 0.974. The SMILES string of the molecule is COc1ccc2c(c1)C(NC(=O)/C(=C/c1ccco1)NC(=O)c1ccc(C)cc1)CC(C)(C)O2. The van der Waals surface area contributed by atoms with Crippen molar-refractivity contribution in [1.82, 2.24) is 10.6 Å². The molecule has 0 radical (unpaired) electrons. The van der Waals surface area contributed by atoms with Gasteiger partial charge in [0.1, 0.15) is 28.6 Å². The number of rotatable bonds is 6. The van der Waals surface area contributed by atoms with Gasteiger partial charge in [-0.2, -0.15) is 0 Å². The fraction of sp³-hybridized carbons (Fsp3) is 0.259. The number of amides is 2. The first-order valence-electron chi connectivity index (χ1n) is 11.0. The van der Waals surface area contributed by atoms with Crippen LogP contribution in [0.3, 0.4) is 0 Å². The average Bonchev–Trinajstić information content (AvgIpc) is 3.31. The third kappa shape index (κ3) is 5.31. The monoisotopic (exact) mass is 460 g/mol. The molecule has 7 nitrogen and oxygen atoms in total. The lowest BCUT2D eigenvalue weighted by Crippen LogP contribution is -2.43. The Morgan fingerprint density at radius 2 is 1.88 bits per heavy atom. The number of aryl methyl sites for hydroxylation is 1. The highest BCUT2D eigenvalue weighted by molar-refractivity contribution is 6.05. The third-order valence-corrected chi connectivity index (χ3v) is 5.62. The van der Waals surface area contributed by atoms with E-state index in [1.165, 1.54) is 12.3 Å².